The van der Waals surface area contributed by atoms with E-state index in [0.717, 1.165) is 4.47 Å². The van der Waals surface area contributed by atoms with Crippen molar-refractivity contribution in [1.82, 2.24) is 4.57 Å². The largest absolute Gasteiger partial charge is 0.465 e. The Balaban J connectivity index is 2.60. The van der Waals surface area contributed by atoms with E-state index in [9.17, 15) is 9.59 Å². The van der Waals surface area contributed by atoms with Gasteiger partial charge in [-0.05, 0) is 32.9 Å². The molecule has 0 spiro atoms. The van der Waals surface area contributed by atoms with E-state index in [4.69, 9.17) is 9.47 Å². The summed E-state index contributed by atoms with van der Waals surface area (Å²) in [5, 5.41) is 0.635. The van der Waals surface area contributed by atoms with Gasteiger partial charge in [0, 0.05) is 16.1 Å². The molecule has 0 atom stereocenters. The second-order valence-corrected chi connectivity index (χ2v) is 6.46. The fourth-order valence-corrected chi connectivity index (χ4v) is 2.28. The predicted molar refractivity (Wildman–Crippen MR) is 82.6 cm³/mol. The molecule has 1 heterocycles. The summed E-state index contributed by atoms with van der Waals surface area (Å²) in [7, 11) is 1.30. The highest BCUT2D eigenvalue weighted by molar-refractivity contribution is 9.10. The van der Waals surface area contributed by atoms with Crippen molar-refractivity contribution >= 4 is 38.9 Å². The van der Waals surface area contributed by atoms with Crippen molar-refractivity contribution in [2.24, 2.45) is 0 Å². The summed E-state index contributed by atoms with van der Waals surface area (Å²) in [6, 6.07) is 5.31. The lowest BCUT2D eigenvalue weighted by Crippen LogP contribution is -2.26. The van der Waals surface area contributed by atoms with E-state index in [1.807, 2.05) is 0 Å². The highest BCUT2D eigenvalue weighted by atomic mass is 79.9. The summed E-state index contributed by atoms with van der Waals surface area (Å²) >= 11 is 3.36. The number of halogens is 1. The summed E-state index contributed by atoms with van der Waals surface area (Å²) in [5.74, 6) is -0.496. The number of aromatic nitrogens is 1. The summed E-state index contributed by atoms with van der Waals surface area (Å²) in [4.78, 5) is 24.1. The molecule has 0 aliphatic rings. The van der Waals surface area contributed by atoms with Crippen LogP contribution in [0.3, 0.4) is 0 Å². The van der Waals surface area contributed by atoms with E-state index in [2.05, 4.69) is 15.9 Å². The number of carbonyl (C=O) groups excluding carboxylic acids is 2. The van der Waals surface area contributed by atoms with Crippen molar-refractivity contribution in [3.05, 3.63) is 34.4 Å². The minimum Gasteiger partial charge on any atom is -0.465 e. The van der Waals surface area contributed by atoms with Crippen LogP contribution < -0.4 is 0 Å². The zero-order valence-corrected chi connectivity index (χ0v) is 13.9. The monoisotopic (exact) mass is 353 g/mol. The Morgan fingerprint density at radius 3 is 2.48 bits per heavy atom. The van der Waals surface area contributed by atoms with Crippen LogP contribution in [-0.4, -0.2) is 29.3 Å². The molecule has 112 valence electrons. The minimum absolute atomic E-state index is 0.325. The van der Waals surface area contributed by atoms with Crippen LogP contribution in [0.1, 0.15) is 31.1 Å². The van der Waals surface area contributed by atoms with E-state index in [-0.39, 0.29) is 0 Å². The van der Waals surface area contributed by atoms with Crippen LogP contribution in [0.2, 0.25) is 0 Å². The maximum atomic E-state index is 12.3. The molecule has 0 aliphatic heterocycles. The van der Waals surface area contributed by atoms with Gasteiger partial charge in [0.05, 0.1) is 18.2 Å². The number of carbonyl (C=O) groups is 2. The van der Waals surface area contributed by atoms with Crippen LogP contribution in [0.4, 0.5) is 4.79 Å². The molecule has 0 saturated heterocycles. The Hall–Kier alpha value is -1.82. The third-order valence-electron chi connectivity index (χ3n) is 2.76. The van der Waals surface area contributed by atoms with Gasteiger partial charge in [-0.15, -0.1) is 0 Å². The van der Waals surface area contributed by atoms with Gasteiger partial charge in [-0.25, -0.2) is 9.59 Å². The van der Waals surface area contributed by atoms with Crippen LogP contribution in [0.15, 0.2) is 28.9 Å². The van der Waals surface area contributed by atoms with Gasteiger partial charge in [-0.3, -0.25) is 4.57 Å². The first-order chi connectivity index (χ1) is 9.73. The molecule has 0 radical (unpaired) electrons. The van der Waals surface area contributed by atoms with Gasteiger partial charge in [0.15, 0.2) is 0 Å². The van der Waals surface area contributed by atoms with Crippen molar-refractivity contribution in [3.8, 4) is 0 Å². The highest BCUT2D eigenvalue weighted by Gasteiger charge is 2.23. The van der Waals surface area contributed by atoms with Gasteiger partial charge in [-0.2, -0.15) is 0 Å². The second kappa shape index (κ2) is 5.52. The molecule has 6 heteroatoms. The fraction of sp³-hybridized carbons (Fsp3) is 0.333. The van der Waals surface area contributed by atoms with Gasteiger partial charge in [0.1, 0.15) is 5.60 Å². The average molecular weight is 354 g/mol. The Kier molecular flexibility index (Phi) is 4.09. The Morgan fingerprint density at radius 2 is 1.90 bits per heavy atom. The number of esters is 1. The van der Waals surface area contributed by atoms with E-state index >= 15 is 0 Å². The standard InChI is InChI=1S/C15H16BrNO4/c1-15(2,3)21-14(19)17-8-11(13(18)20-4)10-6-5-9(16)7-12(10)17/h5-8H,1-4H3. The van der Waals surface area contributed by atoms with Crippen molar-refractivity contribution in [2.45, 2.75) is 26.4 Å². The van der Waals surface area contributed by atoms with Crippen molar-refractivity contribution in [3.63, 3.8) is 0 Å². The number of ether oxygens (including phenoxy) is 2. The fourth-order valence-electron chi connectivity index (χ4n) is 1.93. The van der Waals surface area contributed by atoms with E-state index < -0.39 is 17.7 Å². The van der Waals surface area contributed by atoms with E-state index in [0.29, 0.717) is 16.5 Å². The summed E-state index contributed by atoms with van der Waals surface area (Å²) in [6.45, 7) is 5.36. The highest BCUT2D eigenvalue weighted by Crippen LogP contribution is 2.26. The molecule has 0 bridgehead atoms. The third-order valence-corrected chi connectivity index (χ3v) is 3.26. The van der Waals surface area contributed by atoms with Gasteiger partial charge in [0.2, 0.25) is 0 Å². The lowest BCUT2D eigenvalue weighted by atomic mass is 10.2. The lowest BCUT2D eigenvalue weighted by molar-refractivity contribution is 0.0544. The van der Waals surface area contributed by atoms with Crippen LogP contribution >= 0.6 is 15.9 Å². The first-order valence-corrected chi connectivity index (χ1v) is 7.14. The Bertz CT molecular complexity index is 712. The molecule has 1 aromatic carbocycles. The minimum atomic E-state index is -0.620. The summed E-state index contributed by atoms with van der Waals surface area (Å²) in [5.41, 5.74) is 0.287. The number of fused-ring (bicyclic) bond motifs is 1. The normalized spacial score (nSPS) is 11.5. The predicted octanol–water partition coefficient (Wildman–Crippen LogP) is 3.97. The maximum absolute atomic E-state index is 12.3. The molecular formula is C15H16BrNO4. The number of benzene rings is 1. The quantitative estimate of drug-likeness (QED) is 0.727. The first kappa shape index (κ1) is 15.6. The van der Waals surface area contributed by atoms with Crippen molar-refractivity contribution < 1.29 is 19.1 Å². The molecule has 1 aromatic heterocycles. The number of methoxy groups -OCH3 is 1. The number of nitrogens with zero attached hydrogens (tertiary/aromatic N) is 1. The van der Waals surface area contributed by atoms with Gasteiger partial charge >= 0.3 is 12.1 Å². The molecule has 0 N–H and O–H groups in total. The maximum Gasteiger partial charge on any atom is 0.419 e. The molecule has 2 rings (SSSR count). The SMILES string of the molecule is COC(=O)c1cn(C(=O)OC(C)(C)C)c2cc(Br)ccc12. The van der Waals surface area contributed by atoms with Crippen LogP contribution in [0, 0.1) is 0 Å². The smallest absolute Gasteiger partial charge is 0.419 e. The molecule has 5 nitrogen and oxygen atoms in total. The van der Waals surface area contributed by atoms with Gasteiger partial charge < -0.3 is 9.47 Å². The van der Waals surface area contributed by atoms with Gasteiger partial charge in [0.25, 0.3) is 0 Å². The molecule has 0 saturated carbocycles. The zero-order valence-electron chi connectivity index (χ0n) is 12.3. The molecule has 0 aliphatic carbocycles. The molecule has 0 amide bonds. The average Bonchev–Trinajstić information content (AvgIpc) is 2.74. The number of hydrogen-bond donors (Lipinski definition) is 0. The zero-order chi connectivity index (χ0) is 15.8. The first-order valence-electron chi connectivity index (χ1n) is 6.35. The lowest BCUT2D eigenvalue weighted by Gasteiger charge is -2.19. The molecule has 2 aromatic rings. The van der Waals surface area contributed by atoms with E-state index in [1.165, 1.54) is 17.9 Å². The Morgan fingerprint density at radius 1 is 1.24 bits per heavy atom. The number of rotatable bonds is 1. The number of hydrogen-bond acceptors (Lipinski definition) is 4. The van der Waals surface area contributed by atoms with Gasteiger partial charge in [-0.1, -0.05) is 22.0 Å². The Labute approximate surface area is 131 Å². The topological polar surface area (TPSA) is 57.5 Å². The molecular weight excluding hydrogens is 338 g/mol. The molecule has 0 unspecified atom stereocenters. The molecule has 21 heavy (non-hydrogen) atoms. The van der Waals surface area contributed by atoms with Crippen LogP contribution in [0.25, 0.3) is 10.9 Å². The summed E-state index contributed by atoms with van der Waals surface area (Å²) in [6.07, 6.45) is 0.901. The third kappa shape index (κ3) is 3.26. The molecule has 0 fully saturated rings. The summed E-state index contributed by atoms with van der Waals surface area (Å²) < 4.78 is 12.2. The van der Waals surface area contributed by atoms with Crippen molar-refractivity contribution in [1.29, 1.82) is 0 Å². The van der Waals surface area contributed by atoms with E-state index in [1.54, 1.807) is 39.0 Å². The van der Waals surface area contributed by atoms with Crippen LogP contribution in [-0.2, 0) is 9.47 Å². The van der Waals surface area contributed by atoms with Crippen LogP contribution in [0.5, 0.6) is 0 Å². The van der Waals surface area contributed by atoms with Crippen molar-refractivity contribution in [2.75, 3.05) is 7.11 Å². The second-order valence-electron chi connectivity index (χ2n) is 5.55.